The fraction of sp³-hybridized carbons (Fsp3) is 0.167. The number of H-pyrrole nitrogens is 1. The lowest BCUT2D eigenvalue weighted by Gasteiger charge is -2.04. The number of carbonyl (C=O) groups is 1. The van der Waals surface area contributed by atoms with E-state index in [-0.39, 0.29) is 6.42 Å². The minimum Gasteiger partial charge on any atom is -0.481 e. The van der Waals surface area contributed by atoms with Crippen molar-refractivity contribution in [1.29, 1.82) is 0 Å². The van der Waals surface area contributed by atoms with Crippen LogP contribution < -0.4 is 0 Å². The van der Waals surface area contributed by atoms with Crippen molar-refractivity contribution in [2.24, 2.45) is 0 Å². The lowest BCUT2D eigenvalue weighted by atomic mass is 10.0. The molecule has 4 heteroatoms. The molecule has 0 aliphatic heterocycles. The van der Waals surface area contributed by atoms with Gasteiger partial charge in [0.15, 0.2) is 0 Å². The molecule has 0 saturated carbocycles. The first kappa shape index (κ1) is 14.7. The van der Waals surface area contributed by atoms with E-state index in [0.29, 0.717) is 5.02 Å². The number of aromatic nitrogens is 1. The third kappa shape index (κ3) is 2.72. The molecule has 0 aliphatic rings. The highest BCUT2D eigenvalue weighted by molar-refractivity contribution is 6.30. The molecular formula is C18H16ClNO2. The molecule has 0 fully saturated rings. The second kappa shape index (κ2) is 5.85. The van der Waals surface area contributed by atoms with Crippen LogP contribution in [0.25, 0.3) is 22.2 Å². The predicted octanol–water partition coefficient (Wildman–Crippen LogP) is 4.68. The van der Waals surface area contributed by atoms with Gasteiger partial charge >= 0.3 is 5.97 Å². The predicted molar refractivity (Wildman–Crippen MR) is 89.5 cm³/mol. The molecular weight excluding hydrogens is 298 g/mol. The van der Waals surface area contributed by atoms with Crippen LogP contribution >= 0.6 is 11.6 Å². The summed E-state index contributed by atoms with van der Waals surface area (Å²) >= 11 is 6.07. The summed E-state index contributed by atoms with van der Waals surface area (Å²) in [5, 5.41) is 10.9. The summed E-state index contributed by atoms with van der Waals surface area (Å²) in [5.41, 5.74) is 4.67. The largest absolute Gasteiger partial charge is 0.481 e. The maximum atomic E-state index is 11.3. The Bertz CT molecular complexity index is 851. The monoisotopic (exact) mass is 313 g/mol. The number of aryl methyl sites for hydroxylation is 1. The topological polar surface area (TPSA) is 53.1 Å². The van der Waals surface area contributed by atoms with E-state index in [1.165, 1.54) is 5.56 Å². The van der Waals surface area contributed by atoms with Crippen LogP contribution in [0.4, 0.5) is 0 Å². The molecule has 0 bridgehead atoms. The number of benzene rings is 2. The average Bonchev–Trinajstić information content (AvgIpc) is 2.84. The number of aliphatic carboxylic acids is 1. The van der Waals surface area contributed by atoms with Crippen LogP contribution in [0.15, 0.2) is 42.5 Å². The molecule has 0 radical (unpaired) electrons. The Kier molecular flexibility index (Phi) is 3.90. The van der Waals surface area contributed by atoms with Crippen molar-refractivity contribution >= 4 is 28.5 Å². The zero-order chi connectivity index (χ0) is 15.7. The molecule has 0 aliphatic carbocycles. The molecule has 0 saturated heterocycles. The van der Waals surface area contributed by atoms with Crippen molar-refractivity contribution in [3.8, 4) is 11.3 Å². The van der Waals surface area contributed by atoms with E-state index < -0.39 is 5.97 Å². The number of carboxylic acid groups (broad SMARTS) is 1. The minimum atomic E-state index is -0.842. The van der Waals surface area contributed by atoms with Crippen LogP contribution in [0.3, 0.4) is 0 Å². The molecule has 3 rings (SSSR count). The van der Waals surface area contributed by atoms with Gasteiger partial charge in [0.05, 0.1) is 12.1 Å². The molecule has 2 aromatic carbocycles. The van der Waals surface area contributed by atoms with Gasteiger partial charge in [-0.25, -0.2) is 0 Å². The third-order valence-electron chi connectivity index (χ3n) is 3.82. The first-order valence-corrected chi connectivity index (χ1v) is 7.57. The first-order valence-electron chi connectivity index (χ1n) is 7.19. The van der Waals surface area contributed by atoms with Gasteiger partial charge in [-0.2, -0.15) is 0 Å². The number of nitrogens with one attached hydrogen (secondary N) is 1. The highest BCUT2D eigenvalue weighted by Gasteiger charge is 2.16. The summed E-state index contributed by atoms with van der Waals surface area (Å²) in [4.78, 5) is 14.6. The molecule has 3 aromatic rings. The Hall–Kier alpha value is -2.26. The van der Waals surface area contributed by atoms with Crippen LogP contribution in [0.2, 0.25) is 5.02 Å². The van der Waals surface area contributed by atoms with Gasteiger partial charge in [-0.3, -0.25) is 4.79 Å². The summed E-state index contributed by atoms with van der Waals surface area (Å²) in [7, 11) is 0. The fourth-order valence-corrected chi connectivity index (χ4v) is 2.93. The number of halogens is 1. The number of hydrogen-bond donors (Lipinski definition) is 2. The normalized spacial score (nSPS) is 11.0. The standard InChI is InChI=1S/C18H16ClNO2/c1-2-11-6-7-16-14(8-11)15(10-17(21)22)18(20-16)12-4-3-5-13(19)9-12/h3-9,20H,2,10H2,1H3,(H,21,22). The Morgan fingerprint density at radius 2 is 2.05 bits per heavy atom. The molecule has 112 valence electrons. The quantitative estimate of drug-likeness (QED) is 0.735. The molecule has 2 N–H and O–H groups in total. The van der Waals surface area contributed by atoms with Crippen LogP contribution in [0.5, 0.6) is 0 Å². The van der Waals surface area contributed by atoms with Gasteiger partial charge in [0.25, 0.3) is 0 Å². The number of rotatable bonds is 4. The lowest BCUT2D eigenvalue weighted by Crippen LogP contribution is -2.01. The maximum Gasteiger partial charge on any atom is 0.307 e. The summed E-state index contributed by atoms with van der Waals surface area (Å²) in [5.74, 6) is -0.842. The van der Waals surface area contributed by atoms with Gasteiger partial charge < -0.3 is 10.1 Å². The van der Waals surface area contributed by atoms with Gasteiger partial charge in [0.2, 0.25) is 0 Å². The van der Waals surface area contributed by atoms with Crippen LogP contribution in [0, 0.1) is 0 Å². The van der Waals surface area contributed by atoms with E-state index in [2.05, 4.69) is 24.0 Å². The van der Waals surface area contributed by atoms with Gasteiger partial charge in [-0.1, -0.05) is 36.7 Å². The second-order valence-corrected chi connectivity index (χ2v) is 5.73. The van der Waals surface area contributed by atoms with Gasteiger partial charge in [-0.05, 0) is 47.4 Å². The molecule has 0 unspecified atom stereocenters. The highest BCUT2D eigenvalue weighted by atomic mass is 35.5. The average molecular weight is 314 g/mol. The van der Waals surface area contributed by atoms with Gasteiger partial charge in [0.1, 0.15) is 0 Å². The Balaban J connectivity index is 2.26. The Labute approximate surface area is 133 Å². The van der Waals surface area contributed by atoms with Crippen LogP contribution in [0.1, 0.15) is 18.1 Å². The summed E-state index contributed by atoms with van der Waals surface area (Å²) in [6, 6.07) is 13.6. The zero-order valence-corrected chi connectivity index (χ0v) is 12.9. The van der Waals surface area contributed by atoms with E-state index >= 15 is 0 Å². The Morgan fingerprint density at radius 3 is 2.73 bits per heavy atom. The summed E-state index contributed by atoms with van der Waals surface area (Å²) < 4.78 is 0. The molecule has 3 nitrogen and oxygen atoms in total. The van der Waals surface area contributed by atoms with Crippen LogP contribution in [-0.4, -0.2) is 16.1 Å². The molecule has 1 aromatic heterocycles. The zero-order valence-electron chi connectivity index (χ0n) is 12.2. The van der Waals surface area contributed by atoms with E-state index in [1.807, 2.05) is 24.3 Å². The summed E-state index contributed by atoms with van der Waals surface area (Å²) in [6.07, 6.45) is 0.898. The van der Waals surface area contributed by atoms with Crippen molar-refractivity contribution in [3.05, 3.63) is 58.6 Å². The molecule has 22 heavy (non-hydrogen) atoms. The molecule has 1 heterocycles. The summed E-state index contributed by atoms with van der Waals surface area (Å²) in [6.45, 7) is 2.09. The number of hydrogen-bond acceptors (Lipinski definition) is 1. The van der Waals surface area contributed by atoms with E-state index in [0.717, 1.165) is 34.1 Å². The van der Waals surface area contributed by atoms with Crippen LogP contribution in [-0.2, 0) is 17.6 Å². The SMILES string of the molecule is CCc1ccc2[nH]c(-c3cccc(Cl)c3)c(CC(=O)O)c2c1. The molecule has 0 spiro atoms. The van der Waals surface area contributed by atoms with Crippen molar-refractivity contribution in [3.63, 3.8) is 0 Å². The van der Waals surface area contributed by atoms with E-state index in [4.69, 9.17) is 11.6 Å². The number of carboxylic acids is 1. The number of fused-ring (bicyclic) bond motifs is 1. The first-order chi connectivity index (χ1) is 10.6. The lowest BCUT2D eigenvalue weighted by molar-refractivity contribution is -0.136. The second-order valence-electron chi connectivity index (χ2n) is 5.29. The maximum absolute atomic E-state index is 11.3. The van der Waals surface area contributed by atoms with Gasteiger partial charge in [0, 0.05) is 15.9 Å². The smallest absolute Gasteiger partial charge is 0.307 e. The highest BCUT2D eigenvalue weighted by Crippen LogP contribution is 2.32. The van der Waals surface area contributed by atoms with Crippen molar-refractivity contribution < 1.29 is 9.90 Å². The van der Waals surface area contributed by atoms with Crippen molar-refractivity contribution in [2.75, 3.05) is 0 Å². The molecule has 0 amide bonds. The molecule has 0 atom stereocenters. The fourth-order valence-electron chi connectivity index (χ4n) is 2.74. The van der Waals surface area contributed by atoms with Crippen molar-refractivity contribution in [1.82, 2.24) is 4.98 Å². The van der Waals surface area contributed by atoms with Gasteiger partial charge in [-0.15, -0.1) is 0 Å². The Morgan fingerprint density at radius 1 is 1.23 bits per heavy atom. The van der Waals surface area contributed by atoms with E-state index in [9.17, 15) is 9.90 Å². The number of aromatic amines is 1. The third-order valence-corrected chi connectivity index (χ3v) is 4.06. The minimum absolute atomic E-state index is 0.0188. The van der Waals surface area contributed by atoms with Crippen molar-refractivity contribution in [2.45, 2.75) is 19.8 Å². The van der Waals surface area contributed by atoms with E-state index in [1.54, 1.807) is 6.07 Å².